The number of aromatic nitrogens is 1. The predicted molar refractivity (Wildman–Crippen MR) is 97.6 cm³/mol. The van der Waals surface area contributed by atoms with Crippen LogP contribution in [-0.4, -0.2) is 43.2 Å². The topological polar surface area (TPSA) is 77.7 Å². The summed E-state index contributed by atoms with van der Waals surface area (Å²) in [6.07, 6.45) is 3.39. The number of ether oxygens (including phenoxy) is 2. The molecule has 1 aromatic carbocycles. The van der Waals surface area contributed by atoms with Crippen LogP contribution in [0.1, 0.15) is 17.7 Å². The molecule has 0 saturated heterocycles. The summed E-state index contributed by atoms with van der Waals surface area (Å²) in [6.45, 7) is 1.99. The van der Waals surface area contributed by atoms with E-state index in [4.69, 9.17) is 15.2 Å². The van der Waals surface area contributed by atoms with Gasteiger partial charge in [0.15, 0.2) is 0 Å². The molecule has 1 aliphatic rings. The van der Waals surface area contributed by atoms with Crippen molar-refractivity contribution in [2.75, 3.05) is 27.2 Å². The van der Waals surface area contributed by atoms with E-state index in [1.165, 1.54) is 24.2 Å². The Bertz CT molecular complexity index is 723. The Balaban J connectivity index is 1.56. The van der Waals surface area contributed by atoms with Crippen LogP contribution in [0.2, 0.25) is 0 Å². The van der Waals surface area contributed by atoms with E-state index in [9.17, 15) is 4.79 Å². The number of amides is 1. The van der Waals surface area contributed by atoms with Crippen LogP contribution in [0.25, 0.3) is 10.6 Å². The molecule has 1 saturated carbocycles. The van der Waals surface area contributed by atoms with Crippen molar-refractivity contribution in [2.24, 2.45) is 11.1 Å². The molecule has 0 spiro atoms. The van der Waals surface area contributed by atoms with Gasteiger partial charge in [-0.1, -0.05) is 0 Å². The van der Waals surface area contributed by atoms with E-state index < -0.39 is 6.09 Å². The number of benzene rings is 1. The van der Waals surface area contributed by atoms with E-state index in [-0.39, 0.29) is 6.61 Å². The summed E-state index contributed by atoms with van der Waals surface area (Å²) in [5.41, 5.74) is 6.31. The molecule has 0 atom stereocenters. The number of thiazole rings is 1. The third-order valence-electron chi connectivity index (χ3n) is 4.17. The van der Waals surface area contributed by atoms with Gasteiger partial charge in [-0.2, -0.15) is 0 Å². The van der Waals surface area contributed by atoms with E-state index in [1.54, 1.807) is 6.20 Å². The minimum absolute atomic E-state index is 0.155. The first-order valence-electron chi connectivity index (χ1n) is 8.21. The molecule has 1 amide bonds. The first kappa shape index (κ1) is 17.7. The molecular weight excluding hydrogens is 338 g/mol. The van der Waals surface area contributed by atoms with E-state index in [0.717, 1.165) is 34.3 Å². The number of carbonyl (C=O) groups is 1. The first-order chi connectivity index (χ1) is 12.0. The zero-order valence-corrected chi connectivity index (χ0v) is 15.3. The summed E-state index contributed by atoms with van der Waals surface area (Å²) >= 11 is 1.48. The molecule has 7 heteroatoms. The molecular formula is C18H23N3O3S. The molecule has 0 bridgehead atoms. The molecule has 1 aliphatic carbocycles. The number of nitrogens with two attached hydrogens (primary N) is 1. The summed E-state index contributed by atoms with van der Waals surface area (Å²) in [6, 6.07) is 7.95. The third-order valence-corrected chi connectivity index (χ3v) is 5.19. The number of hydrogen-bond acceptors (Lipinski definition) is 6. The molecule has 1 heterocycles. The number of hydrogen-bond donors (Lipinski definition) is 1. The standard InChI is InChI=1S/C18H23N3O3S/c1-21(2)11-18(7-8-18)12-24-14-5-3-13(4-6-14)16-20-9-15(25-16)10-23-17(19)22/h3-6,9H,7-8,10-12H2,1-2H3,(H2,19,22). The van der Waals surface area contributed by atoms with E-state index in [1.807, 2.05) is 24.3 Å². The molecule has 3 rings (SSSR count). The maximum atomic E-state index is 10.7. The van der Waals surface area contributed by atoms with Gasteiger partial charge in [-0.05, 0) is 51.2 Å². The van der Waals surface area contributed by atoms with Crippen LogP contribution in [-0.2, 0) is 11.3 Å². The quantitative estimate of drug-likeness (QED) is 0.781. The van der Waals surface area contributed by atoms with Gasteiger partial charge in [0.05, 0.1) is 11.5 Å². The van der Waals surface area contributed by atoms with Crippen molar-refractivity contribution >= 4 is 17.4 Å². The SMILES string of the molecule is CN(C)CC1(COc2ccc(-c3ncc(COC(N)=O)s3)cc2)CC1. The van der Waals surface area contributed by atoms with Gasteiger partial charge in [-0.25, -0.2) is 9.78 Å². The number of rotatable bonds is 8. The second-order valence-corrected chi connectivity index (χ2v) is 7.91. The lowest BCUT2D eigenvalue weighted by molar-refractivity contribution is 0.151. The minimum atomic E-state index is -0.779. The fraction of sp³-hybridized carbons (Fsp3) is 0.444. The average Bonchev–Trinajstić information content (AvgIpc) is 3.16. The lowest BCUT2D eigenvalue weighted by Crippen LogP contribution is -2.27. The Morgan fingerprint density at radius 2 is 2.04 bits per heavy atom. The molecule has 25 heavy (non-hydrogen) atoms. The Morgan fingerprint density at radius 3 is 2.64 bits per heavy atom. The molecule has 1 fully saturated rings. The molecule has 6 nitrogen and oxygen atoms in total. The van der Waals surface area contributed by atoms with Crippen molar-refractivity contribution < 1.29 is 14.3 Å². The average molecular weight is 361 g/mol. The van der Waals surface area contributed by atoms with Crippen LogP contribution in [0.15, 0.2) is 30.5 Å². The molecule has 0 radical (unpaired) electrons. The lowest BCUT2D eigenvalue weighted by Gasteiger charge is -2.20. The van der Waals surface area contributed by atoms with E-state index in [2.05, 4.69) is 24.0 Å². The van der Waals surface area contributed by atoms with Crippen LogP contribution in [0.3, 0.4) is 0 Å². The minimum Gasteiger partial charge on any atom is -0.493 e. The number of primary amides is 1. The van der Waals surface area contributed by atoms with Crippen LogP contribution in [0.4, 0.5) is 4.79 Å². The fourth-order valence-electron chi connectivity index (χ4n) is 2.78. The fourth-order valence-corrected chi connectivity index (χ4v) is 3.61. The van der Waals surface area contributed by atoms with Gasteiger partial charge in [0.25, 0.3) is 0 Å². The molecule has 1 aromatic heterocycles. The summed E-state index contributed by atoms with van der Waals surface area (Å²) in [7, 11) is 4.21. The van der Waals surface area contributed by atoms with Gasteiger partial charge in [-0.15, -0.1) is 11.3 Å². The van der Waals surface area contributed by atoms with Gasteiger partial charge in [0, 0.05) is 23.7 Å². The summed E-state index contributed by atoms with van der Waals surface area (Å²) in [5.74, 6) is 0.877. The maximum Gasteiger partial charge on any atom is 0.404 e. The van der Waals surface area contributed by atoms with E-state index >= 15 is 0 Å². The molecule has 134 valence electrons. The third kappa shape index (κ3) is 4.93. The normalized spacial score (nSPS) is 15.2. The maximum absolute atomic E-state index is 10.7. The van der Waals surface area contributed by atoms with Gasteiger partial charge in [0.2, 0.25) is 0 Å². The van der Waals surface area contributed by atoms with Crippen LogP contribution in [0, 0.1) is 5.41 Å². The zero-order chi connectivity index (χ0) is 17.9. The molecule has 2 aromatic rings. The van der Waals surface area contributed by atoms with Gasteiger partial charge in [0.1, 0.15) is 17.4 Å². The highest BCUT2D eigenvalue weighted by atomic mass is 32.1. The summed E-state index contributed by atoms with van der Waals surface area (Å²) in [4.78, 5) is 18.1. The molecule has 0 unspecified atom stereocenters. The second-order valence-electron chi connectivity index (χ2n) is 6.79. The van der Waals surface area contributed by atoms with Gasteiger partial charge in [-0.3, -0.25) is 0 Å². The highest BCUT2D eigenvalue weighted by molar-refractivity contribution is 7.15. The monoisotopic (exact) mass is 361 g/mol. The van der Waals surface area contributed by atoms with E-state index in [0.29, 0.717) is 5.41 Å². The molecule has 0 aliphatic heterocycles. The van der Waals surface area contributed by atoms with Crippen LogP contribution < -0.4 is 10.5 Å². The lowest BCUT2D eigenvalue weighted by atomic mass is 10.1. The van der Waals surface area contributed by atoms with Crippen molar-refractivity contribution in [3.63, 3.8) is 0 Å². The van der Waals surface area contributed by atoms with Gasteiger partial charge < -0.3 is 20.1 Å². The summed E-state index contributed by atoms with van der Waals surface area (Å²) in [5, 5.41) is 0.876. The highest BCUT2D eigenvalue weighted by Crippen LogP contribution is 2.46. The van der Waals surface area contributed by atoms with Crippen LogP contribution >= 0.6 is 11.3 Å². The Hall–Kier alpha value is -2.12. The van der Waals surface area contributed by atoms with Gasteiger partial charge >= 0.3 is 6.09 Å². The zero-order valence-electron chi connectivity index (χ0n) is 14.5. The second kappa shape index (κ2) is 7.41. The first-order valence-corrected chi connectivity index (χ1v) is 9.02. The van der Waals surface area contributed by atoms with Crippen LogP contribution in [0.5, 0.6) is 5.75 Å². The highest BCUT2D eigenvalue weighted by Gasteiger charge is 2.43. The smallest absolute Gasteiger partial charge is 0.404 e. The Morgan fingerprint density at radius 1 is 1.32 bits per heavy atom. The van der Waals surface area contributed by atoms with Crippen molar-refractivity contribution in [3.05, 3.63) is 35.3 Å². The summed E-state index contributed by atoms with van der Waals surface area (Å²) < 4.78 is 10.8. The van der Waals surface area contributed by atoms with Crippen molar-refractivity contribution in [2.45, 2.75) is 19.4 Å². The number of nitrogens with zero attached hydrogens (tertiary/aromatic N) is 2. The largest absolute Gasteiger partial charge is 0.493 e. The molecule has 2 N–H and O–H groups in total. The van der Waals surface area contributed by atoms with Crippen molar-refractivity contribution in [1.82, 2.24) is 9.88 Å². The van der Waals surface area contributed by atoms with Crippen molar-refractivity contribution in [3.8, 4) is 16.3 Å². The van der Waals surface area contributed by atoms with Crippen molar-refractivity contribution in [1.29, 1.82) is 0 Å². The predicted octanol–water partition coefficient (Wildman–Crippen LogP) is 3.13. The Labute approximate surface area is 151 Å². The Kier molecular flexibility index (Phi) is 5.24. The number of carbonyl (C=O) groups excluding carboxylic acids is 1.